The summed E-state index contributed by atoms with van der Waals surface area (Å²) in [6, 6.07) is 19.3. The summed E-state index contributed by atoms with van der Waals surface area (Å²) < 4.78 is 25.2. The van der Waals surface area contributed by atoms with Crippen molar-refractivity contribution in [3.8, 4) is 39.8 Å². The first kappa shape index (κ1) is 31.8. The van der Waals surface area contributed by atoms with Crippen molar-refractivity contribution in [2.24, 2.45) is 0 Å². The van der Waals surface area contributed by atoms with Crippen LogP contribution in [-0.2, 0) is 11.3 Å². The molecule has 0 radical (unpaired) electrons. The smallest absolute Gasteiger partial charge is 0.227 e. The molecule has 1 fully saturated rings. The van der Waals surface area contributed by atoms with E-state index in [1.54, 1.807) is 26.4 Å². The first-order valence-electron chi connectivity index (χ1n) is 15.6. The van der Waals surface area contributed by atoms with Crippen LogP contribution in [0.1, 0.15) is 27.9 Å². The molecule has 0 spiro atoms. The zero-order chi connectivity index (χ0) is 33.5. The Morgan fingerprint density at radius 1 is 1.06 bits per heavy atom. The Morgan fingerprint density at radius 3 is 2.52 bits per heavy atom. The molecule has 0 saturated carbocycles. The Labute approximate surface area is 282 Å². The minimum absolute atomic E-state index is 0.0287. The minimum Gasteiger partial charge on any atom is -0.496 e. The molecule has 7 rings (SSSR count). The van der Waals surface area contributed by atoms with Crippen LogP contribution in [0.3, 0.4) is 0 Å². The fourth-order valence-corrected chi connectivity index (χ4v) is 6.95. The number of fused-ring (bicyclic) bond motifs is 2. The van der Waals surface area contributed by atoms with Crippen molar-refractivity contribution in [2.75, 3.05) is 34.5 Å². The van der Waals surface area contributed by atoms with Crippen LogP contribution in [0.25, 0.3) is 50.3 Å². The highest BCUT2D eigenvalue weighted by Crippen LogP contribution is 2.39. The average Bonchev–Trinajstić information content (AvgIpc) is 3.74. The van der Waals surface area contributed by atoms with Gasteiger partial charge in [0.2, 0.25) is 5.89 Å². The largest absolute Gasteiger partial charge is 0.496 e. The Hall–Kier alpha value is -4.74. The van der Waals surface area contributed by atoms with Crippen molar-refractivity contribution in [2.45, 2.75) is 32.0 Å². The van der Waals surface area contributed by atoms with Gasteiger partial charge in [-0.05, 0) is 61.3 Å². The number of aromatic nitrogens is 3. The third-order valence-corrected chi connectivity index (χ3v) is 9.45. The fraction of sp³-hybridized carbons (Fsp3) is 0.270. The van der Waals surface area contributed by atoms with Gasteiger partial charge in [0.1, 0.15) is 23.3 Å². The lowest BCUT2D eigenvalue weighted by atomic mass is 9.94. The van der Waals surface area contributed by atoms with Gasteiger partial charge in [0.05, 0.1) is 54.9 Å². The molecule has 2 atom stereocenters. The topological polar surface area (TPSA) is 112 Å². The van der Waals surface area contributed by atoms with Crippen LogP contribution >= 0.6 is 11.6 Å². The molecule has 10 nitrogen and oxygen atoms in total. The number of aliphatic hydroxyl groups excluding tert-OH is 1. The van der Waals surface area contributed by atoms with Crippen LogP contribution in [-0.4, -0.2) is 77.7 Å². The molecule has 1 saturated heterocycles. The third kappa shape index (κ3) is 5.60. The van der Waals surface area contributed by atoms with Gasteiger partial charge in [-0.3, -0.25) is 9.69 Å². The number of hydrogen-bond acceptors (Lipinski definition) is 9. The normalized spacial score (nSPS) is 16.6. The van der Waals surface area contributed by atoms with Crippen LogP contribution in [0.15, 0.2) is 71.3 Å². The number of aldehydes is 1. The van der Waals surface area contributed by atoms with Gasteiger partial charge in [-0.15, -0.1) is 0 Å². The second kappa shape index (κ2) is 13.0. The van der Waals surface area contributed by atoms with Gasteiger partial charge in [-0.2, -0.15) is 5.10 Å². The summed E-state index contributed by atoms with van der Waals surface area (Å²) in [5.41, 5.74) is 7.79. The number of hydrogen-bond donors (Lipinski definition) is 1. The van der Waals surface area contributed by atoms with E-state index in [0.29, 0.717) is 58.8 Å². The Morgan fingerprint density at radius 2 is 1.79 bits per heavy atom. The molecular weight excluding hydrogens is 632 g/mol. The third-order valence-electron chi connectivity index (χ3n) is 9.17. The van der Waals surface area contributed by atoms with Gasteiger partial charge in [0.25, 0.3) is 0 Å². The number of aliphatic hydroxyl groups is 1. The molecule has 6 aromatic rings. The summed E-state index contributed by atoms with van der Waals surface area (Å²) in [7, 11) is 5.29. The summed E-state index contributed by atoms with van der Waals surface area (Å²) in [6.45, 7) is 3.51. The number of benzene rings is 4. The maximum atomic E-state index is 11.4. The molecule has 48 heavy (non-hydrogen) atoms. The van der Waals surface area contributed by atoms with Crippen LogP contribution in [0, 0.1) is 6.92 Å². The van der Waals surface area contributed by atoms with Crippen molar-refractivity contribution in [3.63, 3.8) is 0 Å². The number of halogens is 1. The first-order valence-corrected chi connectivity index (χ1v) is 16.0. The SMILES string of the molecule is COc1cc(-n2ncc3c(-c4cccc(-c5nc6cc(C=O)cc(Cl)c6o5)c4C)cccc32)cc(OC)c1CN(C)[C@@H]1CCOC[C@@H]1O. The van der Waals surface area contributed by atoms with Crippen molar-refractivity contribution < 1.29 is 28.5 Å². The number of methoxy groups -OCH3 is 2. The van der Waals surface area contributed by atoms with Gasteiger partial charge in [0, 0.05) is 47.8 Å². The summed E-state index contributed by atoms with van der Waals surface area (Å²) in [6.07, 6.45) is 2.80. The molecule has 0 aliphatic carbocycles. The number of carbonyl (C=O) groups is 1. The molecule has 1 N–H and O–H groups in total. The molecule has 0 bridgehead atoms. The van der Waals surface area contributed by atoms with Crippen LogP contribution in [0.2, 0.25) is 5.02 Å². The highest BCUT2D eigenvalue weighted by atomic mass is 35.5. The molecule has 11 heteroatoms. The Kier molecular flexibility index (Phi) is 8.65. The molecule has 4 aromatic carbocycles. The summed E-state index contributed by atoms with van der Waals surface area (Å²) in [4.78, 5) is 18.2. The predicted octanol–water partition coefficient (Wildman–Crippen LogP) is 6.87. The second-order valence-corrected chi connectivity index (χ2v) is 12.4. The number of oxazole rings is 1. The van der Waals surface area contributed by atoms with Crippen LogP contribution < -0.4 is 9.47 Å². The van der Waals surface area contributed by atoms with E-state index >= 15 is 0 Å². The Balaban J connectivity index is 1.26. The van der Waals surface area contributed by atoms with Crippen molar-refractivity contribution in [3.05, 3.63) is 88.6 Å². The van der Waals surface area contributed by atoms with E-state index in [4.69, 9.17) is 35.3 Å². The highest BCUT2D eigenvalue weighted by Gasteiger charge is 2.29. The minimum atomic E-state index is -0.556. The monoisotopic (exact) mass is 666 g/mol. The van der Waals surface area contributed by atoms with Crippen LogP contribution in [0.5, 0.6) is 11.5 Å². The number of rotatable bonds is 9. The zero-order valence-corrected chi connectivity index (χ0v) is 27.8. The van der Waals surface area contributed by atoms with Crippen LogP contribution in [0.4, 0.5) is 0 Å². The van der Waals surface area contributed by atoms with E-state index in [1.165, 1.54) is 0 Å². The van der Waals surface area contributed by atoms with E-state index in [-0.39, 0.29) is 6.04 Å². The standard InChI is InChI=1S/C37H35ClN4O6/c1-21-24(7-5-8-25(21)37-40-30-14-22(19-43)13-29(38)36(30)48-37)26-9-6-10-31-27(26)17-39-42(31)23-15-34(45-3)28(35(16-23)46-4)18-41(2)32-11-12-47-20-33(32)44/h5-10,13-17,19,32-33,44H,11-12,18,20H2,1-4H3/t32-,33+/m1/s1. The summed E-state index contributed by atoms with van der Waals surface area (Å²) in [5.74, 6) is 1.76. The van der Waals surface area contributed by atoms with E-state index in [0.717, 1.165) is 57.1 Å². The average molecular weight is 667 g/mol. The molecule has 3 heterocycles. The van der Waals surface area contributed by atoms with Gasteiger partial charge in [-0.1, -0.05) is 35.9 Å². The van der Waals surface area contributed by atoms with Crippen molar-refractivity contribution >= 4 is 39.9 Å². The molecule has 0 amide bonds. The van der Waals surface area contributed by atoms with E-state index in [2.05, 4.69) is 22.0 Å². The number of nitrogens with zero attached hydrogens (tertiary/aromatic N) is 4. The molecule has 0 unspecified atom stereocenters. The quantitative estimate of drug-likeness (QED) is 0.165. The van der Waals surface area contributed by atoms with Crippen molar-refractivity contribution in [1.82, 2.24) is 19.7 Å². The maximum absolute atomic E-state index is 11.4. The molecule has 2 aromatic heterocycles. The second-order valence-electron chi connectivity index (χ2n) is 12.0. The van der Waals surface area contributed by atoms with Gasteiger partial charge in [0.15, 0.2) is 5.58 Å². The van der Waals surface area contributed by atoms with Gasteiger partial charge in [-0.25, -0.2) is 9.67 Å². The van der Waals surface area contributed by atoms with E-state index < -0.39 is 6.10 Å². The van der Waals surface area contributed by atoms with Gasteiger partial charge >= 0.3 is 0 Å². The molecule has 246 valence electrons. The number of carbonyl (C=O) groups excluding carboxylic acids is 1. The lowest BCUT2D eigenvalue weighted by molar-refractivity contribution is -0.0606. The fourth-order valence-electron chi connectivity index (χ4n) is 6.69. The Bertz CT molecular complexity index is 2130. The molecule has 1 aliphatic rings. The molecular formula is C37H35ClN4O6. The zero-order valence-electron chi connectivity index (χ0n) is 27.1. The summed E-state index contributed by atoms with van der Waals surface area (Å²) >= 11 is 6.40. The number of ether oxygens (including phenoxy) is 3. The lowest BCUT2D eigenvalue weighted by Crippen LogP contribution is -2.47. The first-order chi connectivity index (χ1) is 23.3. The van der Waals surface area contributed by atoms with Crippen molar-refractivity contribution in [1.29, 1.82) is 0 Å². The number of likely N-dealkylation sites (N-methyl/N-ethyl adjacent to an activating group) is 1. The van der Waals surface area contributed by atoms with E-state index in [9.17, 15) is 9.90 Å². The van der Waals surface area contributed by atoms with E-state index in [1.807, 2.05) is 61.2 Å². The highest BCUT2D eigenvalue weighted by molar-refractivity contribution is 6.35. The molecule has 1 aliphatic heterocycles. The predicted molar refractivity (Wildman–Crippen MR) is 184 cm³/mol. The van der Waals surface area contributed by atoms with Gasteiger partial charge < -0.3 is 23.7 Å². The summed E-state index contributed by atoms with van der Waals surface area (Å²) in [5, 5.41) is 16.6. The lowest BCUT2D eigenvalue weighted by Gasteiger charge is -2.35. The maximum Gasteiger partial charge on any atom is 0.227 e.